The molecule has 5 nitrogen and oxygen atoms in total. The fourth-order valence-corrected chi connectivity index (χ4v) is 2.90. The molecule has 1 rings (SSSR count). The first-order valence-corrected chi connectivity index (χ1v) is 7.77. The summed E-state index contributed by atoms with van der Waals surface area (Å²) in [4.78, 5) is 22.4. The third-order valence-electron chi connectivity index (χ3n) is 4.23. The van der Waals surface area contributed by atoms with Crippen LogP contribution in [-0.2, 0) is 4.79 Å². The number of hydrogen-bond acceptors (Lipinski definition) is 2. The summed E-state index contributed by atoms with van der Waals surface area (Å²) < 4.78 is 0. The summed E-state index contributed by atoms with van der Waals surface area (Å²) in [6, 6.07) is -0.256. The third-order valence-corrected chi connectivity index (χ3v) is 4.23. The molecule has 3 atom stereocenters. The van der Waals surface area contributed by atoms with Gasteiger partial charge in [0.1, 0.15) is 0 Å². The number of carboxylic acids is 1. The van der Waals surface area contributed by atoms with E-state index in [1.165, 1.54) is 25.7 Å². The largest absolute Gasteiger partial charge is 0.481 e. The smallest absolute Gasteiger partial charge is 0.314 e. The monoisotopic (exact) mass is 284 g/mol. The van der Waals surface area contributed by atoms with Gasteiger partial charge in [-0.3, -0.25) is 4.79 Å². The molecule has 3 unspecified atom stereocenters. The van der Waals surface area contributed by atoms with Crippen molar-refractivity contribution in [2.45, 2.75) is 52.4 Å². The zero-order valence-corrected chi connectivity index (χ0v) is 12.7. The molecule has 2 amide bonds. The fourth-order valence-electron chi connectivity index (χ4n) is 2.90. The molecular weight excluding hydrogens is 256 g/mol. The van der Waals surface area contributed by atoms with Crippen LogP contribution in [0.5, 0.6) is 0 Å². The molecule has 1 saturated carbocycles. The Labute approximate surface area is 121 Å². The van der Waals surface area contributed by atoms with Crippen molar-refractivity contribution in [2.75, 3.05) is 13.1 Å². The van der Waals surface area contributed by atoms with Gasteiger partial charge >= 0.3 is 12.0 Å². The van der Waals surface area contributed by atoms with Crippen LogP contribution in [0.15, 0.2) is 0 Å². The lowest BCUT2D eigenvalue weighted by molar-refractivity contribution is -0.141. The first-order valence-electron chi connectivity index (χ1n) is 7.77. The normalized spacial score (nSPS) is 23.9. The number of carbonyl (C=O) groups is 2. The summed E-state index contributed by atoms with van der Waals surface area (Å²) in [6.07, 6.45) is 6.71. The van der Waals surface area contributed by atoms with Gasteiger partial charge in [0.25, 0.3) is 0 Å². The Morgan fingerprint density at radius 3 is 2.65 bits per heavy atom. The lowest BCUT2D eigenvalue weighted by atomic mass is 9.81. The molecule has 116 valence electrons. The van der Waals surface area contributed by atoms with Crippen LogP contribution in [0.1, 0.15) is 52.4 Å². The highest BCUT2D eigenvalue weighted by atomic mass is 16.4. The van der Waals surface area contributed by atoms with Gasteiger partial charge in [0.2, 0.25) is 0 Å². The minimum atomic E-state index is -0.857. The minimum absolute atomic E-state index is 0.193. The lowest BCUT2D eigenvalue weighted by Crippen LogP contribution is -2.40. The van der Waals surface area contributed by atoms with E-state index >= 15 is 0 Å². The number of aliphatic carboxylic acids is 1. The maximum atomic E-state index is 11.6. The van der Waals surface area contributed by atoms with Crippen LogP contribution in [-0.4, -0.2) is 30.2 Å². The van der Waals surface area contributed by atoms with E-state index in [0.717, 1.165) is 18.3 Å². The molecule has 0 bridgehead atoms. The highest BCUT2D eigenvalue weighted by Crippen LogP contribution is 2.30. The SMILES string of the molecule is CCC(CNC(=O)NCCC1CCCC(C)C1)C(=O)O. The topological polar surface area (TPSA) is 78.4 Å². The van der Waals surface area contributed by atoms with Crippen molar-refractivity contribution in [3.63, 3.8) is 0 Å². The molecule has 0 heterocycles. The van der Waals surface area contributed by atoms with Crippen molar-refractivity contribution in [2.24, 2.45) is 17.8 Å². The molecular formula is C15H28N2O3. The van der Waals surface area contributed by atoms with Crippen LogP contribution in [0.25, 0.3) is 0 Å². The molecule has 0 aromatic rings. The van der Waals surface area contributed by atoms with E-state index in [-0.39, 0.29) is 12.6 Å². The maximum absolute atomic E-state index is 11.6. The Morgan fingerprint density at radius 1 is 1.30 bits per heavy atom. The lowest BCUT2D eigenvalue weighted by Gasteiger charge is -2.26. The quantitative estimate of drug-likeness (QED) is 0.672. The summed E-state index contributed by atoms with van der Waals surface area (Å²) in [7, 11) is 0. The zero-order valence-electron chi connectivity index (χ0n) is 12.7. The fraction of sp³-hybridized carbons (Fsp3) is 0.867. The second kappa shape index (κ2) is 8.82. The van der Waals surface area contributed by atoms with Crippen molar-refractivity contribution in [3.05, 3.63) is 0 Å². The van der Waals surface area contributed by atoms with Crippen LogP contribution in [0.4, 0.5) is 4.79 Å². The molecule has 20 heavy (non-hydrogen) atoms. The van der Waals surface area contributed by atoms with E-state index in [1.807, 2.05) is 6.92 Å². The third kappa shape index (κ3) is 6.26. The summed E-state index contributed by atoms with van der Waals surface area (Å²) in [6.45, 7) is 4.97. The second-order valence-corrected chi connectivity index (χ2v) is 6.01. The zero-order chi connectivity index (χ0) is 15.0. The van der Waals surface area contributed by atoms with Gasteiger partial charge in [0, 0.05) is 13.1 Å². The minimum Gasteiger partial charge on any atom is -0.481 e. The van der Waals surface area contributed by atoms with Crippen molar-refractivity contribution < 1.29 is 14.7 Å². The second-order valence-electron chi connectivity index (χ2n) is 6.01. The standard InChI is InChI=1S/C15H28N2O3/c1-3-13(14(18)19)10-17-15(20)16-8-7-12-6-4-5-11(2)9-12/h11-13H,3-10H2,1-2H3,(H,18,19)(H2,16,17,20). The molecule has 0 radical (unpaired) electrons. The number of rotatable bonds is 7. The van der Waals surface area contributed by atoms with E-state index in [1.54, 1.807) is 0 Å². The van der Waals surface area contributed by atoms with Gasteiger partial charge in [0.05, 0.1) is 5.92 Å². The van der Waals surface area contributed by atoms with Gasteiger partial charge in [-0.1, -0.05) is 33.1 Å². The van der Waals surface area contributed by atoms with Crippen molar-refractivity contribution in [3.8, 4) is 0 Å². The number of amides is 2. The number of carbonyl (C=O) groups excluding carboxylic acids is 1. The maximum Gasteiger partial charge on any atom is 0.314 e. The van der Waals surface area contributed by atoms with Crippen LogP contribution in [0.3, 0.4) is 0 Å². The average Bonchev–Trinajstić information content (AvgIpc) is 2.39. The molecule has 0 aromatic carbocycles. The Hall–Kier alpha value is -1.26. The summed E-state index contributed by atoms with van der Waals surface area (Å²) in [5.74, 6) is 0.175. The van der Waals surface area contributed by atoms with Crippen molar-refractivity contribution in [1.82, 2.24) is 10.6 Å². The first-order chi connectivity index (χ1) is 9.52. The molecule has 1 aliphatic carbocycles. The number of carboxylic acid groups (broad SMARTS) is 1. The summed E-state index contributed by atoms with van der Waals surface area (Å²) in [5, 5.41) is 14.3. The van der Waals surface area contributed by atoms with E-state index < -0.39 is 11.9 Å². The number of nitrogens with one attached hydrogen (secondary N) is 2. The average molecular weight is 284 g/mol. The Bertz CT molecular complexity index is 320. The summed E-state index contributed by atoms with van der Waals surface area (Å²) >= 11 is 0. The van der Waals surface area contributed by atoms with E-state index in [0.29, 0.717) is 13.0 Å². The Kier molecular flexibility index (Phi) is 7.41. The molecule has 0 saturated heterocycles. The molecule has 0 spiro atoms. The molecule has 1 fully saturated rings. The van der Waals surface area contributed by atoms with E-state index in [9.17, 15) is 9.59 Å². The van der Waals surface area contributed by atoms with E-state index in [4.69, 9.17) is 5.11 Å². The van der Waals surface area contributed by atoms with Crippen LogP contribution >= 0.6 is 0 Å². The summed E-state index contributed by atoms with van der Waals surface area (Å²) in [5.41, 5.74) is 0. The van der Waals surface area contributed by atoms with Gasteiger partial charge in [-0.15, -0.1) is 0 Å². The van der Waals surface area contributed by atoms with Crippen LogP contribution in [0.2, 0.25) is 0 Å². The van der Waals surface area contributed by atoms with Gasteiger partial charge in [0.15, 0.2) is 0 Å². The van der Waals surface area contributed by atoms with Gasteiger partial charge < -0.3 is 15.7 Å². The number of urea groups is 1. The number of hydrogen-bond donors (Lipinski definition) is 3. The molecule has 0 aromatic heterocycles. The highest BCUT2D eigenvalue weighted by Gasteiger charge is 2.19. The molecule has 1 aliphatic rings. The van der Waals surface area contributed by atoms with Gasteiger partial charge in [-0.05, 0) is 31.1 Å². The Balaban J connectivity index is 2.12. The van der Waals surface area contributed by atoms with E-state index in [2.05, 4.69) is 17.6 Å². The predicted molar refractivity (Wildman–Crippen MR) is 78.6 cm³/mol. The van der Waals surface area contributed by atoms with Crippen molar-refractivity contribution in [1.29, 1.82) is 0 Å². The van der Waals surface area contributed by atoms with Crippen LogP contribution < -0.4 is 10.6 Å². The molecule has 5 heteroatoms. The van der Waals surface area contributed by atoms with Crippen LogP contribution in [0, 0.1) is 17.8 Å². The van der Waals surface area contributed by atoms with Gasteiger partial charge in [-0.2, -0.15) is 0 Å². The molecule has 0 aliphatic heterocycles. The molecule has 3 N–H and O–H groups in total. The predicted octanol–water partition coefficient (Wildman–Crippen LogP) is 2.61. The highest BCUT2D eigenvalue weighted by molar-refractivity contribution is 5.75. The Morgan fingerprint density at radius 2 is 2.05 bits per heavy atom. The first kappa shape index (κ1) is 16.8. The van der Waals surface area contributed by atoms with Gasteiger partial charge in [-0.25, -0.2) is 4.79 Å². The van der Waals surface area contributed by atoms with Crippen molar-refractivity contribution >= 4 is 12.0 Å².